The van der Waals surface area contributed by atoms with Crippen LogP contribution in [-0.2, 0) is 14.3 Å². The third-order valence-corrected chi connectivity index (χ3v) is 3.80. The molecular formula is C16H22N2O5. The lowest BCUT2D eigenvalue weighted by Crippen LogP contribution is -2.49. The van der Waals surface area contributed by atoms with Crippen molar-refractivity contribution in [2.75, 3.05) is 44.7 Å². The first-order valence-electron chi connectivity index (χ1n) is 7.55. The number of carbonyl (C=O) groups is 2. The number of aliphatic carboxylic acids is 1. The second-order valence-corrected chi connectivity index (χ2v) is 5.48. The van der Waals surface area contributed by atoms with Gasteiger partial charge < -0.3 is 19.5 Å². The summed E-state index contributed by atoms with van der Waals surface area (Å²) in [5.41, 5.74) is 1.07. The molecule has 0 aromatic heterocycles. The maximum absolute atomic E-state index is 11.0. The van der Waals surface area contributed by atoms with Gasteiger partial charge in [0, 0.05) is 32.7 Å². The number of esters is 1. The number of ether oxygens (including phenoxy) is 2. The summed E-state index contributed by atoms with van der Waals surface area (Å²) in [6.07, 6.45) is -0.448. The Hall–Kier alpha value is -2.28. The number of carboxylic acids is 1. The predicted molar refractivity (Wildman–Crippen MR) is 84.8 cm³/mol. The molecule has 2 rings (SSSR count). The van der Waals surface area contributed by atoms with E-state index in [-0.39, 0.29) is 0 Å². The van der Waals surface area contributed by atoms with Gasteiger partial charge in [-0.3, -0.25) is 4.90 Å². The lowest BCUT2D eigenvalue weighted by Gasteiger charge is -2.37. The van der Waals surface area contributed by atoms with E-state index in [4.69, 9.17) is 14.6 Å². The van der Waals surface area contributed by atoms with Gasteiger partial charge in [0.15, 0.2) is 0 Å². The SMILES string of the molecule is COc1ccccc1N1CCN(CC(C)OC(=O)C(=O)O)CC1. The van der Waals surface area contributed by atoms with Crippen molar-refractivity contribution < 1.29 is 24.2 Å². The van der Waals surface area contributed by atoms with Crippen LogP contribution in [0.15, 0.2) is 24.3 Å². The topological polar surface area (TPSA) is 79.3 Å². The van der Waals surface area contributed by atoms with Gasteiger partial charge >= 0.3 is 11.9 Å². The Morgan fingerprint density at radius 3 is 2.48 bits per heavy atom. The zero-order valence-corrected chi connectivity index (χ0v) is 13.4. The zero-order chi connectivity index (χ0) is 16.8. The molecule has 1 N–H and O–H groups in total. The van der Waals surface area contributed by atoms with Crippen LogP contribution in [0.5, 0.6) is 5.75 Å². The predicted octanol–water partition coefficient (Wildman–Crippen LogP) is 0.833. The number of rotatable bonds is 5. The summed E-state index contributed by atoms with van der Waals surface area (Å²) >= 11 is 0. The normalized spacial score (nSPS) is 16.7. The fourth-order valence-corrected chi connectivity index (χ4v) is 2.70. The highest BCUT2D eigenvalue weighted by atomic mass is 16.6. The molecule has 1 aromatic carbocycles. The zero-order valence-electron chi connectivity index (χ0n) is 13.4. The molecule has 0 aliphatic carbocycles. The van der Waals surface area contributed by atoms with Crippen LogP contribution in [0.25, 0.3) is 0 Å². The summed E-state index contributed by atoms with van der Waals surface area (Å²) in [4.78, 5) is 25.9. The average molecular weight is 322 g/mol. The molecule has 0 bridgehead atoms. The number of para-hydroxylation sites is 2. The summed E-state index contributed by atoms with van der Waals surface area (Å²) < 4.78 is 10.2. The molecule has 23 heavy (non-hydrogen) atoms. The molecule has 7 nitrogen and oxygen atoms in total. The molecule has 1 aromatic rings. The van der Waals surface area contributed by atoms with Crippen molar-refractivity contribution >= 4 is 17.6 Å². The Morgan fingerprint density at radius 1 is 1.22 bits per heavy atom. The quantitative estimate of drug-likeness (QED) is 0.635. The van der Waals surface area contributed by atoms with Gasteiger partial charge in [-0.05, 0) is 19.1 Å². The summed E-state index contributed by atoms with van der Waals surface area (Å²) in [5, 5.41) is 8.54. The molecule has 0 spiro atoms. The number of hydrogen-bond acceptors (Lipinski definition) is 6. The van der Waals surface area contributed by atoms with Gasteiger partial charge in [-0.15, -0.1) is 0 Å². The smallest absolute Gasteiger partial charge is 0.417 e. The molecule has 1 fully saturated rings. The summed E-state index contributed by atoms with van der Waals surface area (Å²) in [6.45, 7) is 5.52. The van der Waals surface area contributed by atoms with Gasteiger partial charge in [0.2, 0.25) is 0 Å². The lowest BCUT2D eigenvalue weighted by molar-refractivity contribution is -0.167. The molecule has 1 heterocycles. The Labute approximate surface area is 135 Å². The van der Waals surface area contributed by atoms with E-state index in [0.717, 1.165) is 37.6 Å². The van der Waals surface area contributed by atoms with Crippen molar-refractivity contribution in [1.82, 2.24) is 4.90 Å². The fraction of sp³-hybridized carbons (Fsp3) is 0.500. The van der Waals surface area contributed by atoms with E-state index in [1.807, 2.05) is 24.3 Å². The number of anilines is 1. The molecule has 1 unspecified atom stereocenters. The number of nitrogens with zero attached hydrogens (tertiary/aromatic N) is 2. The van der Waals surface area contributed by atoms with E-state index < -0.39 is 18.0 Å². The highest BCUT2D eigenvalue weighted by molar-refractivity contribution is 6.28. The van der Waals surface area contributed by atoms with Crippen LogP contribution in [0.4, 0.5) is 5.69 Å². The standard InChI is InChI=1S/C16H22N2O5/c1-12(23-16(21)15(19)20)11-17-7-9-18(10-8-17)13-5-3-4-6-14(13)22-2/h3-6,12H,7-11H2,1-2H3,(H,19,20). The third kappa shape index (κ3) is 4.59. The third-order valence-electron chi connectivity index (χ3n) is 3.80. The average Bonchev–Trinajstić information content (AvgIpc) is 2.55. The van der Waals surface area contributed by atoms with E-state index in [2.05, 4.69) is 9.80 Å². The first-order chi connectivity index (χ1) is 11.0. The first-order valence-corrected chi connectivity index (χ1v) is 7.55. The van der Waals surface area contributed by atoms with Gasteiger partial charge in [-0.2, -0.15) is 0 Å². The van der Waals surface area contributed by atoms with Crippen LogP contribution in [0.3, 0.4) is 0 Å². The van der Waals surface area contributed by atoms with Crippen LogP contribution >= 0.6 is 0 Å². The number of carbonyl (C=O) groups excluding carboxylic acids is 1. The van der Waals surface area contributed by atoms with E-state index in [9.17, 15) is 9.59 Å². The first kappa shape index (κ1) is 17.1. The van der Waals surface area contributed by atoms with Crippen LogP contribution < -0.4 is 9.64 Å². The maximum Gasteiger partial charge on any atom is 0.417 e. The Kier molecular flexibility index (Phi) is 5.81. The Bertz CT molecular complexity index is 555. The van der Waals surface area contributed by atoms with Crippen molar-refractivity contribution in [3.8, 4) is 5.75 Å². The summed E-state index contributed by atoms with van der Waals surface area (Å²) in [7, 11) is 1.66. The summed E-state index contributed by atoms with van der Waals surface area (Å²) in [5.74, 6) is -1.91. The van der Waals surface area contributed by atoms with Gasteiger partial charge in [0.1, 0.15) is 11.9 Å². The van der Waals surface area contributed by atoms with Crippen LogP contribution in [0.1, 0.15) is 6.92 Å². The fourth-order valence-electron chi connectivity index (χ4n) is 2.70. The van der Waals surface area contributed by atoms with Crippen molar-refractivity contribution in [3.05, 3.63) is 24.3 Å². The van der Waals surface area contributed by atoms with E-state index in [1.54, 1.807) is 14.0 Å². The molecule has 1 aliphatic heterocycles. The minimum atomic E-state index is -1.56. The minimum Gasteiger partial charge on any atom is -0.495 e. The molecule has 1 atom stereocenters. The van der Waals surface area contributed by atoms with Crippen molar-refractivity contribution in [2.24, 2.45) is 0 Å². The summed E-state index contributed by atoms with van der Waals surface area (Å²) in [6, 6.07) is 7.90. The number of benzene rings is 1. The van der Waals surface area contributed by atoms with Gasteiger partial charge in [0.25, 0.3) is 0 Å². The second-order valence-electron chi connectivity index (χ2n) is 5.48. The van der Waals surface area contributed by atoms with Gasteiger partial charge in [-0.1, -0.05) is 12.1 Å². The van der Waals surface area contributed by atoms with Crippen LogP contribution in [0, 0.1) is 0 Å². The van der Waals surface area contributed by atoms with Crippen molar-refractivity contribution in [3.63, 3.8) is 0 Å². The highest BCUT2D eigenvalue weighted by Gasteiger charge is 2.23. The Morgan fingerprint density at radius 2 is 1.87 bits per heavy atom. The van der Waals surface area contributed by atoms with Gasteiger partial charge in [0.05, 0.1) is 12.8 Å². The van der Waals surface area contributed by atoms with Crippen molar-refractivity contribution in [1.29, 1.82) is 0 Å². The van der Waals surface area contributed by atoms with Gasteiger partial charge in [-0.25, -0.2) is 9.59 Å². The van der Waals surface area contributed by atoms with E-state index in [0.29, 0.717) is 6.54 Å². The Balaban J connectivity index is 1.84. The molecule has 0 radical (unpaired) electrons. The van der Waals surface area contributed by atoms with E-state index >= 15 is 0 Å². The number of piperazine rings is 1. The number of methoxy groups -OCH3 is 1. The molecule has 1 saturated heterocycles. The molecule has 1 aliphatic rings. The van der Waals surface area contributed by atoms with E-state index in [1.165, 1.54) is 0 Å². The second kappa shape index (κ2) is 7.82. The number of carboxylic acid groups (broad SMARTS) is 1. The monoisotopic (exact) mass is 322 g/mol. The van der Waals surface area contributed by atoms with Crippen molar-refractivity contribution in [2.45, 2.75) is 13.0 Å². The molecule has 0 amide bonds. The van der Waals surface area contributed by atoms with Crippen LogP contribution in [-0.4, -0.2) is 67.9 Å². The minimum absolute atomic E-state index is 0.448. The molecule has 7 heteroatoms. The molecular weight excluding hydrogens is 300 g/mol. The van der Waals surface area contributed by atoms with Crippen LogP contribution in [0.2, 0.25) is 0 Å². The highest BCUT2D eigenvalue weighted by Crippen LogP contribution is 2.28. The molecule has 0 saturated carbocycles. The molecule has 126 valence electrons. The largest absolute Gasteiger partial charge is 0.495 e. The lowest BCUT2D eigenvalue weighted by atomic mass is 10.2. The number of hydrogen-bond donors (Lipinski definition) is 1. The maximum atomic E-state index is 11.0.